The number of rotatable bonds is 5. The first-order chi connectivity index (χ1) is 14.0. The Hall–Kier alpha value is -2.87. The van der Waals surface area contributed by atoms with Crippen molar-refractivity contribution < 1.29 is 19.1 Å². The fraction of sp³-hybridized carbons (Fsp3) is 0.381. The van der Waals surface area contributed by atoms with Gasteiger partial charge in [0.05, 0.1) is 11.5 Å². The number of ether oxygens (including phenoxy) is 1. The molecule has 0 radical (unpaired) electrons. The molecular weight excluding hydrogens is 390 g/mol. The van der Waals surface area contributed by atoms with Crippen LogP contribution < -0.4 is 16.2 Å². The normalized spacial score (nSPS) is 15.2. The summed E-state index contributed by atoms with van der Waals surface area (Å²) in [5, 5.41) is 2.55. The van der Waals surface area contributed by atoms with E-state index in [1.54, 1.807) is 31.2 Å². The number of anilines is 1. The molecule has 0 saturated heterocycles. The van der Waals surface area contributed by atoms with Gasteiger partial charge in [-0.05, 0) is 68.0 Å². The summed E-state index contributed by atoms with van der Waals surface area (Å²) in [4.78, 5) is 37.9. The molecule has 1 aliphatic rings. The van der Waals surface area contributed by atoms with Crippen molar-refractivity contribution in [3.05, 3.63) is 51.2 Å². The average Bonchev–Trinajstić information content (AvgIpc) is 3.15. The van der Waals surface area contributed by atoms with Crippen LogP contribution in [0.3, 0.4) is 0 Å². The zero-order valence-corrected chi connectivity index (χ0v) is 17.4. The Morgan fingerprint density at radius 1 is 1.10 bits per heavy atom. The van der Waals surface area contributed by atoms with Crippen LogP contribution in [0.5, 0.6) is 0 Å². The summed E-state index contributed by atoms with van der Waals surface area (Å²) in [6, 6.07) is 8.23. The zero-order valence-electron chi connectivity index (χ0n) is 16.5. The van der Waals surface area contributed by atoms with E-state index in [2.05, 4.69) is 23.1 Å². The highest BCUT2D eigenvalue weighted by Crippen LogP contribution is 2.33. The molecule has 29 heavy (non-hydrogen) atoms. The number of hydrogen-bond donors (Lipinski definition) is 3. The summed E-state index contributed by atoms with van der Waals surface area (Å²) in [6.45, 7) is 4.19. The Morgan fingerprint density at radius 3 is 2.52 bits per heavy atom. The second-order valence-corrected chi connectivity index (χ2v) is 8.04. The van der Waals surface area contributed by atoms with Gasteiger partial charge in [0.15, 0.2) is 0 Å². The highest BCUT2D eigenvalue weighted by atomic mass is 32.1. The van der Waals surface area contributed by atoms with E-state index < -0.39 is 12.0 Å². The molecule has 0 spiro atoms. The summed E-state index contributed by atoms with van der Waals surface area (Å²) in [5.74, 6) is -0.0613. The number of aryl methyl sites for hydroxylation is 1. The SMILES string of the molecule is CCOC(=O)Nc1ccc(C(=O)NNC(=O)c2cc3c(s2)CC[C@@H](CC)C3)cc1. The minimum Gasteiger partial charge on any atom is -0.450 e. The number of thiophene rings is 1. The van der Waals surface area contributed by atoms with Crippen LogP contribution >= 0.6 is 11.3 Å². The molecular formula is C21H25N3O4S. The van der Waals surface area contributed by atoms with Crippen LogP contribution in [-0.4, -0.2) is 24.5 Å². The molecule has 0 bridgehead atoms. The van der Waals surface area contributed by atoms with Gasteiger partial charge in [0.1, 0.15) is 0 Å². The quantitative estimate of drug-likeness (QED) is 0.645. The topological polar surface area (TPSA) is 96.5 Å². The van der Waals surface area contributed by atoms with Crippen molar-refractivity contribution in [3.63, 3.8) is 0 Å². The molecule has 0 aliphatic heterocycles. The highest BCUT2D eigenvalue weighted by Gasteiger charge is 2.22. The molecule has 3 amide bonds. The van der Waals surface area contributed by atoms with Crippen LogP contribution in [0, 0.1) is 5.92 Å². The third-order valence-electron chi connectivity index (χ3n) is 4.94. The predicted molar refractivity (Wildman–Crippen MR) is 112 cm³/mol. The van der Waals surface area contributed by atoms with Crippen molar-refractivity contribution in [2.24, 2.45) is 5.92 Å². The minimum absolute atomic E-state index is 0.276. The molecule has 0 unspecified atom stereocenters. The highest BCUT2D eigenvalue weighted by molar-refractivity contribution is 7.14. The average molecular weight is 416 g/mol. The summed E-state index contributed by atoms with van der Waals surface area (Å²) < 4.78 is 4.80. The van der Waals surface area contributed by atoms with E-state index in [0.717, 1.165) is 19.3 Å². The maximum Gasteiger partial charge on any atom is 0.411 e. The Morgan fingerprint density at radius 2 is 1.83 bits per heavy atom. The molecule has 0 saturated carbocycles. The molecule has 3 N–H and O–H groups in total. The molecule has 0 fully saturated rings. The van der Waals surface area contributed by atoms with E-state index in [-0.39, 0.29) is 12.5 Å². The first kappa shape index (κ1) is 20.9. The Labute approximate surface area is 173 Å². The molecule has 2 aromatic rings. The van der Waals surface area contributed by atoms with E-state index in [4.69, 9.17) is 4.74 Å². The van der Waals surface area contributed by atoms with E-state index in [1.807, 2.05) is 6.07 Å². The monoisotopic (exact) mass is 415 g/mol. The fourth-order valence-electron chi connectivity index (χ4n) is 3.30. The lowest BCUT2D eigenvalue weighted by Gasteiger charge is -2.19. The second-order valence-electron chi connectivity index (χ2n) is 6.91. The number of benzene rings is 1. The first-order valence-electron chi connectivity index (χ1n) is 9.76. The van der Waals surface area contributed by atoms with Gasteiger partial charge in [-0.3, -0.25) is 25.8 Å². The lowest BCUT2D eigenvalue weighted by atomic mass is 9.87. The molecule has 1 atom stereocenters. The summed E-state index contributed by atoms with van der Waals surface area (Å²) in [6.07, 6.45) is 3.81. The van der Waals surface area contributed by atoms with Crippen LogP contribution in [-0.2, 0) is 17.6 Å². The number of nitrogens with one attached hydrogen (secondary N) is 3. The third kappa shape index (κ3) is 5.35. The van der Waals surface area contributed by atoms with Gasteiger partial charge in [0.25, 0.3) is 11.8 Å². The molecule has 154 valence electrons. The van der Waals surface area contributed by atoms with Gasteiger partial charge >= 0.3 is 6.09 Å². The van der Waals surface area contributed by atoms with Crippen molar-refractivity contribution in [1.29, 1.82) is 0 Å². The molecule has 8 heteroatoms. The van der Waals surface area contributed by atoms with Crippen LogP contribution in [0.25, 0.3) is 0 Å². The molecule has 1 aliphatic carbocycles. The number of hydrogen-bond acceptors (Lipinski definition) is 5. The van der Waals surface area contributed by atoms with E-state index in [0.29, 0.717) is 22.0 Å². The standard InChI is InChI=1S/C21H25N3O4S/c1-3-13-5-10-17-15(11-13)12-18(29-17)20(26)24-23-19(25)14-6-8-16(9-7-14)22-21(27)28-4-2/h6-9,12-13H,3-5,10-11H2,1-2H3,(H,22,27)(H,23,25)(H,24,26)/t13-/m1/s1. The Kier molecular flexibility index (Phi) is 6.87. The van der Waals surface area contributed by atoms with Crippen molar-refractivity contribution in [2.75, 3.05) is 11.9 Å². The Bertz CT molecular complexity index is 892. The Balaban J connectivity index is 1.53. The van der Waals surface area contributed by atoms with Gasteiger partial charge in [0, 0.05) is 16.1 Å². The fourth-order valence-corrected chi connectivity index (χ4v) is 4.40. The second kappa shape index (κ2) is 9.56. The van der Waals surface area contributed by atoms with Crippen molar-refractivity contribution in [2.45, 2.75) is 39.5 Å². The van der Waals surface area contributed by atoms with E-state index in [9.17, 15) is 14.4 Å². The van der Waals surface area contributed by atoms with Gasteiger partial charge < -0.3 is 4.74 Å². The number of amides is 3. The summed E-state index contributed by atoms with van der Waals surface area (Å²) >= 11 is 1.50. The maximum absolute atomic E-state index is 12.4. The zero-order chi connectivity index (χ0) is 20.8. The molecule has 7 nitrogen and oxygen atoms in total. The van der Waals surface area contributed by atoms with Crippen molar-refractivity contribution >= 4 is 34.9 Å². The summed E-state index contributed by atoms with van der Waals surface area (Å²) in [7, 11) is 0. The summed E-state index contributed by atoms with van der Waals surface area (Å²) in [5.41, 5.74) is 7.04. The largest absolute Gasteiger partial charge is 0.450 e. The molecule has 1 heterocycles. The number of carbonyl (C=O) groups is 3. The molecule has 3 rings (SSSR count). The minimum atomic E-state index is -0.555. The van der Waals surface area contributed by atoms with Crippen LogP contribution in [0.1, 0.15) is 57.2 Å². The van der Waals surface area contributed by atoms with E-state index >= 15 is 0 Å². The maximum atomic E-state index is 12.4. The first-order valence-corrected chi connectivity index (χ1v) is 10.6. The molecule has 1 aromatic heterocycles. The van der Waals surface area contributed by atoms with Gasteiger partial charge in [-0.25, -0.2) is 4.79 Å². The number of hydrazine groups is 1. The number of carbonyl (C=O) groups excluding carboxylic acids is 3. The van der Waals surface area contributed by atoms with Crippen LogP contribution in [0.4, 0.5) is 10.5 Å². The lowest BCUT2D eigenvalue weighted by Crippen LogP contribution is -2.41. The van der Waals surface area contributed by atoms with Gasteiger partial charge in [-0.2, -0.15) is 0 Å². The van der Waals surface area contributed by atoms with Gasteiger partial charge in [-0.1, -0.05) is 13.3 Å². The van der Waals surface area contributed by atoms with E-state index in [1.165, 1.54) is 28.2 Å². The predicted octanol–water partition coefficient (Wildman–Crippen LogP) is 3.91. The molecule has 1 aromatic carbocycles. The third-order valence-corrected chi connectivity index (χ3v) is 6.18. The smallest absolute Gasteiger partial charge is 0.411 e. The van der Waals surface area contributed by atoms with Crippen molar-refractivity contribution in [1.82, 2.24) is 10.9 Å². The lowest BCUT2D eigenvalue weighted by molar-refractivity contribution is 0.0849. The van der Waals surface area contributed by atoms with Crippen LogP contribution in [0.2, 0.25) is 0 Å². The van der Waals surface area contributed by atoms with Crippen LogP contribution in [0.15, 0.2) is 30.3 Å². The number of fused-ring (bicyclic) bond motifs is 1. The van der Waals surface area contributed by atoms with Gasteiger partial charge in [-0.15, -0.1) is 11.3 Å². The van der Waals surface area contributed by atoms with Gasteiger partial charge in [0.2, 0.25) is 0 Å². The van der Waals surface area contributed by atoms with Crippen molar-refractivity contribution in [3.8, 4) is 0 Å².